The second-order valence-electron chi connectivity index (χ2n) is 7.69. The molecule has 0 atom stereocenters. The number of benzene rings is 4. The molecular weight excluding hydrogens is 412 g/mol. The maximum absolute atomic E-state index is 13.3. The van der Waals surface area contributed by atoms with E-state index in [1.807, 2.05) is 55.5 Å². The van der Waals surface area contributed by atoms with E-state index in [0.717, 1.165) is 22.8 Å². The molecule has 0 fully saturated rings. The number of rotatable bonds is 8. The molecule has 0 bridgehead atoms. The van der Waals surface area contributed by atoms with Gasteiger partial charge in [-0.15, -0.1) is 0 Å². The van der Waals surface area contributed by atoms with Crippen LogP contribution in [0.5, 0.6) is 5.75 Å². The van der Waals surface area contributed by atoms with Crippen LogP contribution in [0, 0.1) is 0 Å². The molecule has 4 rings (SSSR count). The molecule has 33 heavy (non-hydrogen) atoms. The maximum atomic E-state index is 13.3. The lowest BCUT2D eigenvalue weighted by molar-refractivity contribution is -0.136. The summed E-state index contributed by atoms with van der Waals surface area (Å²) in [6, 6.07) is 29.5. The summed E-state index contributed by atoms with van der Waals surface area (Å²) in [6.07, 6.45) is 2.45. The highest BCUT2D eigenvalue weighted by Crippen LogP contribution is 2.30. The fraction of sp³-hybridized carbons (Fsp3) is 0.143. The van der Waals surface area contributed by atoms with Crippen LogP contribution >= 0.6 is 0 Å². The number of nitrogens with zero attached hydrogens (tertiary/aromatic N) is 1. The van der Waals surface area contributed by atoms with E-state index in [1.54, 1.807) is 54.7 Å². The summed E-state index contributed by atoms with van der Waals surface area (Å²) >= 11 is 0. The van der Waals surface area contributed by atoms with Gasteiger partial charge in [0.15, 0.2) is 5.60 Å². The Morgan fingerprint density at radius 3 is 2.15 bits per heavy atom. The number of carbonyl (C=O) groups excluding carboxylic acids is 1. The van der Waals surface area contributed by atoms with Gasteiger partial charge in [-0.1, -0.05) is 97.9 Å². The first kappa shape index (κ1) is 22.2. The third kappa shape index (κ3) is 4.64. The van der Waals surface area contributed by atoms with Crippen molar-refractivity contribution >= 4 is 22.9 Å². The zero-order valence-electron chi connectivity index (χ0n) is 18.4. The Hall–Kier alpha value is -3.96. The van der Waals surface area contributed by atoms with E-state index in [4.69, 9.17) is 4.74 Å². The van der Waals surface area contributed by atoms with Crippen molar-refractivity contribution < 1.29 is 14.6 Å². The van der Waals surface area contributed by atoms with Crippen LogP contribution in [0.25, 0.3) is 10.8 Å². The molecule has 0 aliphatic heterocycles. The molecule has 5 heteroatoms. The summed E-state index contributed by atoms with van der Waals surface area (Å²) in [5.41, 5.74) is 2.34. The van der Waals surface area contributed by atoms with Crippen molar-refractivity contribution in [3.63, 3.8) is 0 Å². The molecule has 0 aliphatic carbocycles. The molecule has 2 N–H and O–H groups in total. The predicted octanol–water partition coefficient (Wildman–Crippen LogP) is 5.01. The minimum atomic E-state index is -1.89. The number of fused-ring (bicyclic) bond motifs is 1. The number of ether oxygens (including phenoxy) is 1. The molecule has 0 heterocycles. The first-order chi connectivity index (χ1) is 16.1. The number of hydrazone groups is 1. The lowest BCUT2D eigenvalue weighted by Gasteiger charge is -2.27. The third-order valence-corrected chi connectivity index (χ3v) is 5.46. The van der Waals surface area contributed by atoms with Gasteiger partial charge in [0.1, 0.15) is 5.75 Å². The molecule has 4 aromatic rings. The Bertz CT molecular complexity index is 1210. The predicted molar refractivity (Wildman–Crippen MR) is 131 cm³/mol. The fourth-order valence-corrected chi connectivity index (χ4v) is 3.77. The zero-order valence-corrected chi connectivity index (χ0v) is 18.4. The minimum Gasteiger partial charge on any atom is -0.493 e. The highest BCUT2D eigenvalue weighted by molar-refractivity contribution is 6.03. The van der Waals surface area contributed by atoms with E-state index >= 15 is 0 Å². The number of hydrogen-bond donors (Lipinski definition) is 2. The average molecular weight is 439 g/mol. The smallest absolute Gasteiger partial charge is 0.281 e. The lowest BCUT2D eigenvalue weighted by atomic mass is 9.85. The molecule has 0 aliphatic rings. The van der Waals surface area contributed by atoms with Crippen LogP contribution in [0.4, 0.5) is 0 Å². The Balaban J connectivity index is 1.67. The van der Waals surface area contributed by atoms with Crippen molar-refractivity contribution in [1.82, 2.24) is 5.43 Å². The Labute approximate surface area is 193 Å². The minimum absolute atomic E-state index is 0.459. The van der Waals surface area contributed by atoms with E-state index in [1.165, 1.54) is 0 Å². The highest BCUT2D eigenvalue weighted by Gasteiger charge is 2.39. The molecule has 5 nitrogen and oxygen atoms in total. The van der Waals surface area contributed by atoms with Crippen LogP contribution in [-0.4, -0.2) is 23.8 Å². The first-order valence-electron chi connectivity index (χ1n) is 11.0. The normalized spacial score (nSPS) is 11.6. The molecule has 0 radical (unpaired) electrons. The second-order valence-corrected chi connectivity index (χ2v) is 7.69. The molecular formula is C28H26N2O3. The van der Waals surface area contributed by atoms with Gasteiger partial charge in [0.25, 0.3) is 5.91 Å². The maximum Gasteiger partial charge on any atom is 0.281 e. The lowest BCUT2D eigenvalue weighted by Crippen LogP contribution is -2.43. The topological polar surface area (TPSA) is 70.9 Å². The van der Waals surface area contributed by atoms with Crippen molar-refractivity contribution in [2.75, 3.05) is 6.61 Å². The molecule has 1 amide bonds. The van der Waals surface area contributed by atoms with E-state index in [0.29, 0.717) is 23.5 Å². The molecule has 4 aromatic carbocycles. The Morgan fingerprint density at radius 1 is 0.909 bits per heavy atom. The van der Waals surface area contributed by atoms with Gasteiger partial charge in [-0.2, -0.15) is 5.10 Å². The van der Waals surface area contributed by atoms with Gasteiger partial charge in [-0.3, -0.25) is 4.79 Å². The van der Waals surface area contributed by atoms with Crippen molar-refractivity contribution in [3.05, 3.63) is 114 Å². The molecule has 0 saturated carbocycles. The van der Waals surface area contributed by atoms with Crippen LogP contribution in [-0.2, 0) is 10.4 Å². The molecule has 166 valence electrons. The fourth-order valence-electron chi connectivity index (χ4n) is 3.77. The van der Waals surface area contributed by atoms with E-state index < -0.39 is 11.5 Å². The van der Waals surface area contributed by atoms with Crippen LogP contribution in [0.1, 0.15) is 30.0 Å². The average Bonchev–Trinajstić information content (AvgIpc) is 2.88. The van der Waals surface area contributed by atoms with Gasteiger partial charge in [0.05, 0.1) is 12.8 Å². The van der Waals surface area contributed by atoms with Gasteiger partial charge in [0.2, 0.25) is 0 Å². The Morgan fingerprint density at radius 2 is 1.52 bits per heavy atom. The number of carbonyl (C=O) groups is 1. The summed E-state index contributed by atoms with van der Waals surface area (Å²) in [6.45, 7) is 2.62. The highest BCUT2D eigenvalue weighted by atomic mass is 16.5. The van der Waals surface area contributed by atoms with E-state index in [-0.39, 0.29) is 0 Å². The van der Waals surface area contributed by atoms with Crippen LogP contribution in [0.15, 0.2) is 102 Å². The molecule has 0 saturated heterocycles. The summed E-state index contributed by atoms with van der Waals surface area (Å²) in [5.74, 6) is 0.0438. The third-order valence-electron chi connectivity index (χ3n) is 5.46. The van der Waals surface area contributed by atoms with Crippen LogP contribution in [0.3, 0.4) is 0 Å². The standard InChI is InChI=1S/C28H26N2O3/c1-2-19-33-26-18-17-21-11-9-10-16-24(21)25(26)20-29-30-27(31)28(32,22-12-5-3-6-13-22)23-14-7-4-8-15-23/h3-18,20,32H,2,19H2,1H3,(H,30,31)/b29-20-. The molecule has 0 spiro atoms. The van der Waals surface area contributed by atoms with E-state index in [2.05, 4.69) is 10.5 Å². The first-order valence-corrected chi connectivity index (χ1v) is 11.0. The van der Waals surface area contributed by atoms with Crippen molar-refractivity contribution in [2.24, 2.45) is 5.10 Å². The number of aliphatic hydroxyl groups is 1. The van der Waals surface area contributed by atoms with Gasteiger partial charge in [0, 0.05) is 5.56 Å². The monoisotopic (exact) mass is 438 g/mol. The Kier molecular flexibility index (Phi) is 6.81. The van der Waals surface area contributed by atoms with Crippen molar-refractivity contribution in [1.29, 1.82) is 0 Å². The largest absolute Gasteiger partial charge is 0.493 e. The molecule has 0 aromatic heterocycles. The van der Waals surface area contributed by atoms with E-state index in [9.17, 15) is 9.90 Å². The van der Waals surface area contributed by atoms with Gasteiger partial charge < -0.3 is 9.84 Å². The number of nitrogens with one attached hydrogen (secondary N) is 1. The quantitative estimate of drug-likeness (QED) is 0.300. The summed E-state index contributed by atoms with van der Waals surface area (Å²) in [7, 11) is 0. The van der Waals surface area contributed by atoms with Gasteiger partial charge in [-0.25, -0.2) is 5.43 Å². The van der Waals surface area contributed by atoms with Gasteiger partial charge >= 0.3 is 0 Å². The van der Waals surface area contributed by atoms with Gasteiger partial charge in [-0.05, 0) is 34.4 Å². The number of hydrogen-bond acceptors (Lipinski definition) is 4. The number of amides is 1. The summed E-state index contributed by atoms with van der Waals surface area (Å²) in [5, 5.41) is 17.8. The van der Waals surface area contributed by atoms with Crippen LogP contribution < -0.4 is 10.2 Å². The SMILES string of the molecule is CCCOc1ccc2ccccc2c1/C=N\NC(=O)C(O)(c1ccccc1)c1ccccc1. The zero-order chi connectivity index (χ0) is 23.1. The van der Waals surface area contributed by atoms with Crippen molar-refractivity contribution in [3.8, 4) is 5.75 Å². The van der Waals surface area contributed by atoms with Crippen molar-refractivity contribution in [2.45, 2.75) is 18.9 Å². The van der Waals surface area contributed by atoms with Crippen LogP contribution in [0.2, 0.25) is 0 Å². The second kappa shape index (κ2) is 10.1. The molecule has 0 unspecified atom stereocenters. The summed E-state index contributed by atoms with van der Waals surface area (Å²) in [4.78, 5) is 13.3. The summed E-state index contributed by atoms with van der Waals surface area (Å²) < 4.78 is 5.90.